The summed E-state index contributed by atoms with van der Waals surface area (Å²) in [6.45, 7) is 2.51. The highest BCUT2D eigenvalue weighted by Gasteiger charge is 2.26. The summed E-state index contributed by atoms with van der Waals surface area (Å²) in [4.78, 5) is 22.6. The number of carbonyl (C=O) groups is 2. The second kappa shape index (κ2) is 7.71. The first-order valence-corrected chi connectivity index (χ1v) is 8.62. The lowest BCUT2D eigenvalue weighted by atomic mass is 10.1. The van der Waals surface area contributed by atoms with Crippen molar-refractivity contribution in [1.29, 1.82) is 0 Å². The summed E-state index contributed by atoms with van der Waals surface area (Å²) in [6, 6.07) is -0.621. The van der Waals surface area contributed by atoms with E-state index in [4.69, 9.17) is 0 Å². The molecule has 8 nitrogen and oxygen atoms in total. The number of rotatable bonds is 6. The molecule has 0 radical (unpaired) electrons. The van der Waals surface area contributed by atoms with E-state index in [0.29, 0.717) is 25.9 Å². The highest BCUT2D eigenvalue weighted by molar-refractivity contribution is 7.88. The molecule has 0 spiro atoms. The van der Waals surface area contributed by atoms with E-state index in [-0.39, 0.29) is 18.5 Å². The van der Waals surface area contributed by atoms with Gasteiger partial charge in [-0.05, 0) is 12.8 Å². The van der Waals surface area contributed by atoms with Crippen LogP contribution in [0.5, 0.6) is 0 Å². The number of nitrogens with zero attached hydrogens (tertiary/aromatic N) is 1. The lowest BCUT2D eigenvalue weighted by Crippen LogP contribution is -2.51. The van der Waals surface area contributed by atoms with Gasteiger partial charge in [-0.2, -0.15) is 0 Å². The minimum atomic E-state index is -3.14. The van der Waals surface area contributed by atoms with E-state index in [2.05, 4.69) is 15.4 Å². The van der Waals surface area contributed by atoms with Crippen molar-refractivity contribution in [3.8, 4) is 0 Å². The van der Waals surface area contributed by atoms with Gasteiger partial charge in [-0.3, -0.25) is 4.79 Å². The van der Waals surface area contributed by atoms with Crippen LogP contribution in [0.4, 0.5) is 0 Å². The molecule has 0 bridgehead atoms. The van der Waals surface area contributed by atoms with Gasteiger partial charge in [0.1, 0.15) is 6.04 Å². The number of esters is 1. The predicted octanol–water partition coefficient (Wildman–Crippen LogP) is -1.32. The van der Waals surface area contributed by atoms with Crippen LogP contribution in [0.1, 0.15) is 19.8 Å². The lowest BCUT2D eigenvalue weighted by molar-refractivity contribution is -0.144. The van der Waals surface area contributed by atoms with Gasteiger partial charge in [-0.25, -0.2) is 17.5 Å². The topological polar surface area (TPSA) is 105 Å². The van der Waals surface area contributed by atoms with Crippen LogP contribution in [-0.2, 0) is 24.3 Å². The number of ether oxygens (including phenoxy) is 1. The number of hydrogen-bond acceptors (Lipinski definition) is 6. The molecule has 1 heterocycles. The molecule has 2 N–H and O–H groups in total. The number of piperidine rings is 1. The van der Waals surface area contributed by atoms with Gasteiger partial charge >= 0.3 is 5.97 Å². The molecule has 0 aromatic rings. The summed E-state index contributed by atoms with van der Waals surface area (Å²) in [7, 11) is -1.87. The van der Waals surface area contributed by atoms with Crippen LogP contribution >= 0.6 is 0 Å². The molecule has 1 rings (SSSR count). The Balaban J connectivity index is 2.44. The zero-order valence-electron chi connectivity index (χ0n) is 12.6. The zero-order chi connectivity index (χ0) is 16.0. The summed E-state index contributed by atoms with van der Waals surface area (Å²) in [6.07, 6.45) is 2.53. The van der Waals surface area contributed by atoms with Crippen molar-refractivity contribution >= 4 is 21.9 Å². The van der Waals surface area contributed by atoms with Crippen molar-refractivity contribution in [2.45, 2.75) is 31.8 Å². The van der Waals surface area contributed by atoms with Gasteiger partial charge in [-0.15, -0.1) is 0 Å². The van der Waals surface area contributed by atoms with Crippen LogP contribution in [0.15, 0.2) is 0 Å². The van der Waals surface area contributed by atoms with E-state index >= 15 is 0 Å². The Bertz CT molecular complexity index is 471. The van der Waals surface area contributed by atoms with Crippen LogP contribution in [0, 0.1) is 0 Å². The minimum Gasteiger partial charge on any atom is -0.467 e. The number of carbonyl (C=O) groups excluding carboxylic acids is 2. The number of nitrogens with one attached hydrogen (secondary N) is 2. The Labute approximate surface area is 125 Å². The maximum atomic E-state index is 11.5. The van der Waals surface area contributed by atoms with Crippen molar-refractivity contribution in [2.75, 3.05) is 33.0 Å². The highest BCUT2D eigenvalue weighted by Crippen LogP contribution is 2.13. The number of hydrogen-bond donors (Lipinski definition) is 2. The first-order chi connectivity index (χ1) is 9.74. The van der Waals surface area contributed by atoms with Crippen molar-refractivity contribution in [1.82, 2.24) is 14.9 Å². The SMILES string of the molecule is COC(=O)C(CNC1CCN(S(C)(=O)=O)CC1)NC(C)=O. The molecule has 1 aliphatic rings. The standard InChI is InChI=1S/C12H23N3O5S/c1-9(16)14-11(12(17)20-2)8-13-10-4-6-15(7-5-10)21(3,18)19/h10-11,13H,4-8H2,1-3H3,(H,14,16). The van der Waals surface area contributed by atoms with E-state index in [1.807, 2.05) is 0 Å². The Morgan fingerprint density at radius 3 is 2.33 bits per heavy atom. The molecular formula is C12H23N3O5S. The van der Waals surface area contributed by atoms with Gasteiger partial charge in [0.05, 0.1) is 13.4 Å². The first kappa shape index (κ1) is 17.9. The molecule has 1 atom stereocenters. The molecule has 0 aromatic carbocycles. The maximum absolute atomic E-state index is 11.5. The Hall–Kier alpha value is -1.19. The third kappa shape index (κ3) is 5.98. The van der Waals surface area contributed by atoms with Gasteiger partial charge < -0.3 is 15.4 Å². The summed E-state index contributed by atoms with van der Waals surface area (Å²) in [5.74, 6) is -0.814. The molecule has 122 valence electrons. The van der Waals surface area contributed by atoms with Gasteiger partial charge in [-0.1, -0.05) is 0 Å². The molecule has 1 aliphatic heterocycles. The van der Waals surface area contributed by atoms with Crippen molar-refractivity contribution in [3.63, 3.8) is 0 Å². The summed E-state index contributed by atoms with van der Waals surface area (Å²) in [5, 5.41) is 5.70. The van der Waals surface area contributed by atoms with Gasteiger partial charge in [0.25, 0.3) is 0 Å². The second-order valence-electron chi connectivity index (χ2n) is 5.12. The Morgan fingerprint density at radius 2 is 1.90 bits per heavy atom. The van der Waals surface area contributed by atoms with Crippen LogP contribution in [0.2, 0.25) is 0 Å². The van der Waals surface area contributed by atoms with Crippen LogP contribution in [-0.4, -0.2) is 69.7 Å². The third-order valence-corrected chi connectivity index (χ3v) is 4.70. The van der Waals surface area contributed by atoms with Crippen molar-refractivity contribution in [3.05, 3.63) is 0 Å². The molecule has 1 saturated heterocycles. The minimum absolute atomic E-state index is 0.115. The van der Waals surface area contributed by atoms with Crippen molar-refractivity contribution < 1.29 is 22.7 Å². The van der Waals surface area contributed by atoms with Crippen molar-refractivity contribution in [2.24, 2.45) is 0 Å². The summed E-state index contributed by atoms with van der Waals surface area (Å²) in [5.41, 5.74) is 0. The fraction of sp³-hybridized carbons (Fsp3) is 0.833. The average Bonchev–Trinajstić information content (AvgIpc) is 2.41. The van der Waals surface area contributed by atoms with Gasteiger partial charge in [0.15, 0.2) is 0 Å². The normalized spacial score (nSPS) is 19.0. The molecule has 21 heavy (non-hydrogen) atoms. The third-order valence-electron chi connectivity index (χ3n) is 3.40. The maximum Gasteiger partial charge on any atom is 0.329 e. The highest BCUT2D eigenvalue weighted by atomic mass is 32.2. The first-order valence-electron chi connectivity index (χ1n) is 6.77. The van der Waals surface area contributed by atoms with Crippen LogP contribution < -0.4 is 10.6 Å². The van der Waals surface area contributed by atoms with Gasteiger partial charge in [0.2, 0.25) is 15.9 Å². The predicted molar refractivity (Wildman–Crippen MR) is 77.1 cm³/mol. The summed E-state index contributed by atoms with van der Waals surface area (Å²) < 4.78 is 28.9. The lowest BCUT2D eigenvalue weighted by Gasteiger charge is -2.31. The monoisotopic (exact) mass is 321 g/mol. The number of amides is 1. The second-order valence-corrected chi connectivity index (χ2v) is 7.10. The van der Waals surface area contributed by atoms with E-state index in [0.717, 1.165) is 0 Å². The van der Waals surface area contributed by atoms with E-state index in [1.165, 1.54) is 24.6 Å². The number of sulfonamides is 1. The Kier molecular flexibility index (Phi) is 6.56. The molecular weight excluding hydrogens is 298 g/mol. The fourth-order valence-electron chi connectivity index (χ4n) is 2.26. The van der Waals surface area contributed by atoms with E-state index in [1.54, 1.807) is 0 Å². The smallest absolute Gasteiger partial charge is 0.329 e. The average molecular weight is 321 g/mol. The van der Waals surface area contributed by atoms with Gasteiger partial charge in [0, 0.05) is 32.6 Å². The molecule has 0 aromatic heterocycles. The molecule has 9 heteroatoms. The quantitative estimate of drug-likeness (QED) is 0.588. The van der Waals surface area contributed by atoms with E-state index in [9.17, 15) is 18.0 Å². The molecule has 0 saturated carbocycles. The summed E-state index contributed by atoms with van der Waals surface area (Å²) >= 11 is 0. The molecule has 0 aliphatic carbocycles. The largest absolute Gasteiger partial charge is 0.467 e. The van der Waals surface area contributed by atoms with Crippen LogP contribution in [0.3, 0.4) is 0 Å². The molecule has 1 unspecified atom stereocenters. The van der Waals surface area contributed by atoms with E-state index < -0.39 is 22.0 Å². The van der Waals surface area contributed by atoms with Crippen LogP contribution in [0.25, 0.3) is 0 Å². The molecule has 1 amide bonds. The fourth-order valence-corrected chi connectivity index (χ4v) is 3.13. The Morgan fingerprint density at radius 1 is 1.33 bits per heavy atom. The molecule has 1 fully saturated rings. The zero-order valence-corrected chi connectivity index (χ0v) is 13.4. The number of methoxy groups -OCH3 is 1.